The summed E-state index contributed by atoms with van der Waals surface area (Å²) in [6.07, 6.45) is -0.135. The standard InChI is InChI=1S/C11H15N3O3S2/c1-14(8-9-7-13-4-5-17-9)19(15,16)11-3-2-10(6-12)18-11/h2-3,9,13H,4-5,7-8H2,1H3. The second-order valence-electron chi connectivity index (χ2n) is 4.21. The van der Waals surface area contributed by atoms with Crippen LogP contribution in [0.2, 0.25) is 0 Å². The summed E-state index contributed by atoms with van der Waals surface area (Å²) >= 11 is 0.983. The summed E-state index contributed by atoms with van der Waals surface area (Å²) in [5.41, 5.74) is 0. The van der Waals surface area contributed by atoms with Crippen molar-refractivity contribution in [1.29, 1.82) is 5.26 Å². The van der Waals surface area contributed by atoms with Gasteiger partial charge in [0.25, 0.3) is 10.0 Å². The lowest BCUT2D eigenvalue weighted by atomic mass is 10.3. The van der Waals surface area contributed by atoms with Crippen molar-refractivity contribution in [3.05, 3.63) is 17.0 Å². The number of hydrogen-bond donors (Lipinski definition) is 1. The molecule has 1 aliphatic rings. The quantitative estimate of drug-likeness (QED) is 0.861. The first-order valence-electron chi connectivity index (χ1n) is 5.82. The average Bonchev–Trinajstić information content (AvgIpc) is 2.89. The fourth-order valence-electron chi connectivity index (χ4n) is 1.79. The van der Waals surface area contributed by atoms with E-state index in [1.54, 1.807) is 0 Å². The van der Waals surface area contributed by atoms with E-state index in [0.29, 0.717) is 24.6 Å². The predicted molar refractivity (Wildman–Crippen MR) is 71.5 cm³/mol. The maximum atomic E-state index is 12.3. The van der Waals surface area contributed by atoms with Crippen LogP contribution in [0.4, 0.5) is 0 Å². The molecule has 0 spiro atoms. The van der Waals surface area contributed by atoms with E-state index in [2.05, 4.69) is 5.32 Å². The first-order valence-corrected chi connectivity index (χ1v) is 8.08. The van der Waals surface area contributed by atoms with Crippen LogP contribution in [0.25, 0.3) is 0 Å². The number of ether oxygens (including phenoxy) is 1. The molecule has 0 aliphatic carbocycles. The van der Waals surface area contributed by atoms with Gasteiger partial charge >= 0.3 is 0 Å². The molecule has 1 N–H and O–H groups in total. The van der Waals surface area contributed by atoms with Crippen molar-refractivity contribution in [3.63, 3.8) is 0 Å². The Morgan fingerprint density at radius 3 is 3.00 bits per heavy atom. The SMILES string of the molecule is CN(CC1CNCCO1)S(=O)(=O)c1ccc(C#N)s1. The van der Waals surface area contributed by atoms with Gasteiger partial charge in [-0.2, -0.15) is 9.57 Å². The molecule has 0 saturated carbocycles. The van der Waals surface area contributed by atoms with Crippen LogP contribution in [-0.4, -0.2) is 52.1 Å². The summed E-state index contributed by atoms with van der Waals surface area (Å²) in [6.45, 7) is 2.34. The van der Waals surface area contributed by atoms with Crippen molar-refractivity contribution >= 4 is 21.4 Å². The molecule has 104 valence electrons. The fraction of sp³-hybridized carbons (Fsp3) is 0.545. The van der Waals surface area contributed by atoms with Gasteiger partial charge in [0.1, 0.15) is 15.2 Å². The molecule has 1 aliphatic heterocycles. The molecule has 6 nitrogen and oxygen atoms in total. The van der Waals surface area contributed by atoms with Gasteiger partial charge in [0, 0.05) is 26.7 Å². The zero-order valence-electron chi connectivity index (χ0n) is 10.5. The summed E-state index contributed by atoms with van der Waals surface area (Å²) in [5.74, 6) is 0. The third-order valence-corrected chi connectivity index (χ3v) is 6.10. The number of sulfonamides is 1. The van der Waals surface area contributed by atoms with Crippen molar-refractivity contribution in [2.75, 3.05) is 33.3 Å². The average molecular weight is 301 g/mol. The number of nitriles is 1. The third kappa shape index (κ3) is 3.32. The minimum Gasteiger partial charge on any atom is -0.374 e. The molecule has 19 heavy (non-hydrogen) atoms. The molecule has 0 aromatic carbocycles. The second-order valence-corrected chi connectivity index (χ2v) is 7.57. The normalized spacial score (nSPS) is 20.4. The lowest BCUT2D eigenvalue weighted by molar-refractivity contribution is 0.0206. The molecule has 2 rings (SSSR count). The largest absolute Gasteiger partial charge is 0.374 e. The van der Waals surface area contributed by atoms with Gasteiger partial charge in [-0.3, -0.25) is 0 Å². The second kappa shape index (κ2) is 5.98. The Hall–Kier alpha value is -0.980. The van der Waals surface area contributed by atoms with Crippen LogP contribution in [0.15, 0.2) is 16.3 Å². The molecule has 2 heterocycles. The Bertz CT molecular complexity index is 570. The molecule has 1 aromatic rings. The molecular weight excluding hydrogens is 286 g/mol. The number of rotatable bonds is 4. The molecule has 8 heteroatoms. The summed E-state index contributed by atoms with van der Waals surface area (Å²) in [4.78, 5) is 0.391. The van der Waals surface area contributed by atoms with Crippen LogP contribution in [0.5, 0.6) is 0 Å². The van der Waals surface area contributed by atoms with Gasteiger partial charge in [-0.15, -0.1) is 11.3 Å². The van der Waals surface area contributed by atoms with Gasteiger partial charge in [-0.25, -0.2) is 8.42 Å². The lowest BCUT2D eigenvalue weighted by Crippen LogP contribution is -2.45. The summed E-state index contributed by atoms with van der Waals surface area (Å²) < 4.78 is 31.5. The van der Waals surface area contributed by atoms with Crippen molar-refractivity contribution < 1.29 is 13.2 Å². The van der Waals surface area contributed by atoms with Crippen molar-refractivity contribution in [1.82, 2.24) is 9.62 Å². The highest BCUT2D eigenvalue weighted by Crippen LogP contribution is 2.23. The monoisotopic (exact) mass is 301 g/mol. The summed E-state index contributed by atoms with van der Waals surface area (Å²) in [7, 11) is -2.01. The Labute approximate surface area is 116 Å². The number of morpholine rings is 1. The van der Waals surface area contributed by atoms with Crippen LogP contribution in [0, 0.1) is 11.3 Å². The molecule has 1 unspecified atom stereocenters. The first kappa shape index (κ1) is 14.4. The molecule has 0 radical (unpaired) electrons. The molecule has 1 fully saturated rings. The van der Waals surface area contributed by atoms with E-state index >= 15 is 0 Å². The van der Waals surface area contributed by atoms with E-state index in [-0.39, 0.29) is 10.3 Å². The Balaban J connectivity index is 2.08. The van der Waals surface area contributed by atoms with E-state index in [0.717, 1.165) is 17.9 Å². The highest BCUT2D eigenvalue weighted by Gasteiger charge is 2.26. The minimum absolute atomic E-state index is 0.135. The highest BCUT2D eigenvalue weighted by molar-refractivity contribution is 7.91. The third-order valence-electron chi connectivity index (χ3n) is 2.82. The zero-order chi connectivity index (χ0) is 13.9. The van der Waals surface area contributed by atoms with Gasteiger partial charge < -0.3 is 10.1 Å². The Morgan fingerprint density at radius 2 is 2.42 bits per heavy atom. The number of thiophene rings is 1. The van der Waals surface area contributed by atoms with E-state index in [1.807, 2.05) is 6.07 Å². The van der Waals surface area contributed by atoms with Crippen molar-refractivity contribution in [2.24, 2.45) is 0 Å². The van der Waals surface area contributed by atoms with Crippen LogP contribution in [-0.2, 0) is 14.8 Å². The first-order chi connectivity index (χ1) is 9.04. The maximum Gasteiger partial charge on any atom is 0.252 e. The topological polar surface area (TPSA) is 82.4 Å². The van der Waals surface area contributed by atoms with E-state index < -0.39 is 10.0 Å². The van der Waals surface area contributed by atoms with Crippen molar-refractivity contribution in [2.45, 2.75) is 10.3 Å². The van der Waals surface area contributed by atoms with Gasteiger partial charge in [-0.05, 0) is 12.1 Å². The van der Waals surface area contributed by atoms with Crippen LogP contribution in [0.1, 0.15) is 4.88 Å². The zero-order valence-corrected chi connectivity index (χ0v) is 12.1. The van der Waals surface area contributed by atoms with Gasteiger partial charge in [0.2, 0.25) is 0 Å². The molecule has 1 atom stereocenters. The Kier molecular flexibility index (Phi) is 4.54. The van der Waals surface area contributed by atoms with Gasteiger partial charge in [0.15, 0.2) is 0 Å². The number of nitrogens with one attached hydrogen (secondary N) is 1. The van der Waals surface area contributed by atoms with Crippen LogP contribution >= 0.6 is 11.3 Å². The minimum atomic E-state index is -3.53. The van der Waals surface area contributed by atoms with E-state index in [1.165, 1.54) is 23.5 Å². The fourth-order valence-corrected chi connectivity index (χ4v) is 4.31. The Morgan fingerprint density at radius 1 is 1.63 bits per heavy atom. The summed E-state index contributed by atoms with van der Waals surface area (Å²) in [5, 5.41) is 11.9. The molecule has 0 bridgehead atoms. The number of likely N-dealkylation sites (N-methyl/N-ethyl adjacent to an activating group) is 1. The number of nitrogens with zero attached hydrogens (tertiary/aromatic N) is 2. The molecule has 1 aromatic heterocycles. The predicted octanol–water partition coefficient (Wildman–Crippen LogP) is 0.229. The lowest BCUT2D eigenvalue weighted by Gasteiger charge is -2.27. The van der Waals surface area contributed by atoms with Crippen molar-refractivity contribution in [3.8, 4) is 6.07 Å². The maximum absolute atomic E-state index is 12.3. The van der Waals surface area contributed by atoms with Gasteiger partial charge in [0.05, 0.1) is 12.7 Å². The molecule has 1 saturated heterocycles. The van der Waals surface area contributed by atoms with Gasteiger partial charge in [-0.1, -0.05) is 0 Å². The molecule has 0 amide bonds. The highest BCUT2D eigenvalue weighted by atomic mass is 32.2. The molecular formula is C11H15N3O3S2. The summed E-state index contributed by atoms with van der Waals surface area (Å²) in [6, 6.07) is 4.93. The number of hydrogen-bond acceptors (Lipinski definition) is 6. The smallest absolute Gasteiger partial charge is 0.252 e. The van der Waals surface area contributed by atoms with Crippen LogP contribution < -0.4 is 5.32 Å². The van der Waals surface area contributed by atoms with E-state index in [4.69, 9.17) is 10.00 Å². The van der Waals surface area contributed by atoms with Crippen LogP contribution in [0.3, 0.4) is 0 Å². The van der Waals surface area contributed by atoms with E-state index in [9.17, 15) is 8.42 Å².